The summed E-state index contributed by atoms with van der Waals surface area (Å²) in [7, 11) is -7.86. The molecule has 4 nitrogen and oxygen atoms in total. The lowest BCUT2D eigenvalue weighted by Crippen LogP contribution is -2.61. The predicted molar refractivity (Wildman–Crippen MR) is 79.0 cm³/mol. The molecule has 0 radical (unpaired) electrons. The molecule has 0 aromatic carbocycles. The van der Waals surface area contributed by atoms with Crippen LogP contribution >= 0.6 is 0 Å². The van der Waals surface area contributed by atoms with Gasteiger partial charge in [0.25, 0.3) is 0 Å². The van der Waals surface area contributed by atoms with Crippen molar-refractivity contribution in [1.29, 1.82) is 0 Å². The molecule has 0 aliphatic carbocycles. The van der Waals surface area contributed by atoms with Gasteiger partial charge in [-0.05, 0) is 45.3 Å². The van der Waals surface area contributed by atoms with Gasteiger partial charge in [-0.15, -0.1) is 0 Å². The summed E-state index contributed by atoms with van der Waals surface area (Å²) in [5, 5.41) is 0. The zero-order chi connectivity index (χ0) is 13.3. The fraction of sp³-hybridized carbons (Fsp3) is 1.00. The highest BCUT2D eigenvalue weighted by Gasteiger charge is 2.46. The van der Waals surface area contributed by atoms with Gasteiger partial charge in [-0.3, -0.25) is 0 Å². The lowest BCUT2D eigenvalue weighted by molar-refractivity contribution is 0.248. The van der Waals surface area contributed by atoms with Gasteiger partial charge in [0.15, 0.2) is 0 Å². The highest BCUT2D eigenvalue weighted by Crippen LogP contribution is 2.27. The normalized spacial score (nSPS) is 28.4. The van der Waals surface area contributed by atoms with Crippen LogP contribution in [0.1, 0.15) is 13.3 Å². The Labute approximate surface area is 110 Å². The van der Waals surface area contributed by atoms with Crippen LogP contribution in [0.25, 0.3) is 0 Å². The number of hydrogen-bond donors (Lipinski definition) is 0. The average Bonchev–Trinajstić information content (AvgIpc) is 1.94. The molecule has 1 rings (SSSR count). The Morgan fingerprint density at radius 2 is 1.18 bits per heavy atom. The fourth-order valence-electron chi connectivity index (χ4n) is 2.26. The second kappa shape index (κ2) is 5.37. The molecule has 0 N–H and O–H groups in total. The molecule has 0 saturated carbocycles. The second-order valence-electron chi connectivity index (χ2n) is 5.86. The molecule has 1 fully saturated rings. The van der Waals surface area contributed by atoms with Crippen molar-refractivity contribution < 1.29 is 16.5 Å². The maximum atomic E-state index is 6.21. The van der Waals surface area contributed by atoms with Crippen LogP contribution < -0.4 is 0 Å². The van der Waals surface area contributed by atoms with Crippen LogP contribution in [-0.2, 0) is 16.5 Å². The van der Waals surface area contributed by atoms with E-state index in [0.29, 0.717) is 0 Å². The largest absolute Gasteiger partial charge is 0.418 e. The van der Waals surface area contributed by atoms with Crippen molar-refractivity contribution in [2.24, 2.45) is 0 Å². The molecule has 8 heteroatoms. The van der Waals surface area contributed by atoms with E-state index in [1.165, 1.54) is 0 Å². The third-order valence-corrected chi connectivity index (χ3v) is 17.9. The molecule has 0 unspecified atom stereocenters. The van der Waals surface area contributed by atoms with Crippen molar-refractivity contribution >= 4 is 35.0 Å². The Bertz CT molecular complexity index is 248. The van der Waals surface area contributed by atoms with E-state index in [1.807, 2.05) is 0 Å². The summed E-state index contributed by atoms with van der Waals surface area (Å²) in [4.78, 5) is 0. The van der Waals surface area contributed by atoms with Crippen molar-refractivity contribution in [1.82, 2.24) is 0 Å². The molecule has 17 heavy (non-hydrogen) atoms. The Morgan fingerprint density at radius 1 is 0.765 bits per heavy atom. The van der Waals surface area contributed by atoms with Gasteiger partial charge in [0.2, 0.25) is 0 Å². The van der Waals surface area contributed by atoms with Crippen LogP contribution in [0.4, 0.5) is 0 Å². The third kappa shape index (κ3) is 5.47. The fourth-order valence-corrected chi connectivity index (χ4v) is 20.6. The summed E-state index contributed by atoms with van der Waals surface area (Å²) >= 11 is 0. The summed E-state index contributed by atoms with van der Waals surface area (Å²) < 4.78 is 24.8. The van der Waals surface area contributed by atoms with E-state index in [4.69, 9.17) is 16.5 Å². The van der Waals surface area contributed by atoms with Crippen molar-refractivity contribution in [3.63, 3.8) is 0 Å². The Balaban J connectivity index is 2.86. The molecule has 0 aromatic heterocycles. The molecule has 102 valence electrons. The van der Waals surface area contributed by atoms with Crippen LogP contribution in [0, 0.1) is 0 Å². The van der Waals surface area contributed by atoms with Crippen LogP contribution in [0.3, 0.4) is 0 Å². The van der Waals surface area contributed by atoms with E-state index in [0.717, 1.165) is 12.5 Å². The van der Waals surface area contributed by atoms with E-state index in [2.05, 4.69) is 46.2 Å². The molecule has 0 atom stereocenters. The minimum absolute atomic E-state index is 1.04. The molecule has 0 aromatic rings. The van der Waals surface area contributed by atoms with Gasteiger partial charge in [0, 0.05) is 0 Å². The first-order valence-electron chi connectivity index (χ1n) is 6.31. The predicted octanol–water partition coefficient (Wildman–Crippen LogP) is 2.80. The molecule has 1 aliphatic rings. The molecule has 0 bridgehead atoms. The lowest BCUT2D eigenvalue weighted by atomic mass is 10.6. The first kappa shape index (κ1) is 15.8. The molecular weight excluding hydrogens is 284 g/mol. The topological polar surface area (TPSA) is 36.9 Å². The maximum Gasteiger partial charge on any atom is 0.314 e. The van der Waals surface area contributed by atoms with Gasteiger partial charge in [-0.2, -0.15) is 0 Å². The van der Waals surface area contributed by atoms with Crippen LogP contribution in [0.5, 0.6) is 0 Å². The SMILES string of the molecule is CCC[SiH]1O[Si](C)(C)O[Si](C)(C)O[Si](C)(C)O1. The van der Waals surface area contributed by atoms with E-state index >= 15 is 0 Å². The summed E-state index contributed by atoms with van der Waals surface area (Å²) in [6.45, 7) is 14.7. The van der Waals surface area contributed by atoms with Gasteiger partial charge in [-0.25, -0.2) is 0 Å². The number of hydrogen-bond acceptors (Lipinski definition) is 4. The Morgan fingerprint density at radius 3 is 1.53 bits per heavy atom. The Hall–Kier alpha value is 0.708. The third-order valence-electron chi connectivity index (χ3n) is 2.34. The molecule has 0 amide bonds. The summed E-state index contributed by atoms with van der Waals surface area (Å²) in [6, 6.07) is 1.04. The van der Waals surface area contributed by atoms with Gasteiger partial charge >= 0.3 is 35.0 Å². The lowest BCUT2D eigenvalue weighted by Gasteiger charge is -2.43. The van der Waals surface area contributed by atoms with Crippen LogP contribution in [0.2, 0.25) is 45.3 Å². The average molecular weight is 311 g/mol. The van der Waals surface area contributed by atoms with E-state index in [-0.39, 0.29) is 0 Å². The first-order valence-corrected chi connectivity index (χ1v) is 16.5. The molecule has 1 aliphatic heterocycles. The minimum atomic E-state index is -2.10. The smallest absolute Gasteiger partial charge is 0.314 e. The number of rotatable bonds is 2. The second-order valence-corrected chi connectivity index (χ2v) is 19.2. The quantitative estimate of drug-likeness (QED) is 0.735. The van der Waals surface area contributed by atoms with Crippen molar-refractivity contribution in [3.05, 3.63) is 0 Å². The zero-order valence-corrected chi connectivity index (χ0v) is 16.3. The van der Waals surface area contributed by atoms with E-state index in [1.54, 1.807) is 0 Å². The van der Waals surface area contributed by atoms with Crippen molar-refractivity contribution in [2.45, 2.75) is 58.7 Å². The van der Waals surface area contributed by atoms with Gasteiger partial charge in [0.05, 0.1) is 0 Å². The van der Waals surface area contributed by atoms with Gasteiger partial charge < -0.3 is 16.5 Å². The van der Waals surface area contributed by atoms with E-state index in [9.17, 15) is 0 Å². The molecule has 0 spiro atoms. The monoisotopic (exact) mass is 310 g/mol. The highest BCUT2D eigenvalue weighted by atomic mass is 28.5. The first-order chi connectivity index (χ1) is 7.55. The molecular formula is C9H26O4Si4. The van der Waals surface area contributed by atoms with Crippen molar-refractivity contribution in [2.75, 3.05) is 0 Å². The van der Waals surface area contributed by atoms with Crippen LogP contribution in [-0.4, -0.2) is 35.0 Å². The molecule has 1 heterocycles. The maximum absolute atomic E-state index is 6.21. The Kier molecular flexibility index (Phi) is 4.98. The summed E-state index contributed by atoms with van der Waals surface area (Å²) in [5.41, 5.74) is 0. The molecule has 1 saturated heterocycles. The van der Waals surface area contributed by atoms with Crippen LogP contribution in [0.15, 0.2) is 0 Å². The standard InChI is InChI=1S/C9H26O4Si4/c1-8-9-14-10-15(2,3)12-17(6,7)13-16(4,5)11-14/h14H,8-9H2,1-7H3. The highest BCUT2D eigenvalue weighted by molar-refractivity contribution is 6.89. The summed E-state index contributed by atoms with van der Waals surface area (Å²) in [5.74, 6) is 0. The van der Waals surface area contributed by atoms with E-state index < -0.39 is 35.0 Å². The summed E-state index contributed by atoms with van der Waals surface area (Å²) in [6.07, 6.45) is 1.10. The minimum Gasteiger partial charge on any atom is -0.418 e. The van der Waals surface area contributed by atoms with Gasteiger partial charge in [0.1, 0.15) is 0 Å². The zero-order valence-electron chi connectivity index (χ0n) is 12.1. The van der Waals surface area contributed by atoms with Gasteiger partial charge in [-0.1, -0.05) is 13.3 Å². The van der Waals surface area contributed by atoms with Crippen molar-refractivity contribution in [3.8, 4) is 0 Å².